The average molecular weight is 397 g/mol. The minimum atomic E-state index is -0.752. The quantitative estimate of drug-likeness (QED) is 0.626. The molecule has 0 bridgehead atoms. The van der Waals surface area contributed by atoms with Gasteiger partial charge in [0.2, 0.25) is 0 Å². The molecule has 2 aromatic rings. The van der Waals surface area contributed by atoms with Crippen molar-refractivity contribution >= 4 is 11.8 Å². The lowest BCUT2D eigenvalue weighted by Gasteiger charge is -2.43. The van der Waals surface area contributed by atoms with Crippen LogP contribution in [0, 0.1) is 19.8 Å². The Hall–Kier alpha value is -2.74. The van der Waals surface area contributed by atoms with Crippen LogP contribution >= 0.6 is 0 Å². The van der Waals surface area contributed by atoms with Gasteiger partial charge in [0, 0.05) is 41.6 Å². The van der Waals surface area contributed by atoms with E-state index in [1.54, 1.807) is 13.1 Å². The van der Waals surface area contributed by atoms with Crippen LogP contribution in [0.3, 0.4) is 0 Å². The third-order valence-corrected chi connectivity index (χ3v) is 5.94. The van der Waals surface area contributed by atoms with Gasteiger partial charge >= 0.3 is 5.97 Å². The molecule has 0 unspecified atom stereocenters. The van der Waals surface area contributed by atoms with Gasteiger partial charge in [-0.1, -0.05) is 0 Å². The van der Waals surface area contributed by atoms with Crippen LogP contribution in [-0.4, -0.2) is 56.1 Å². The number of H-pyrrole nitrogens is 1. The molecule has 0 atom stereocenters. The number of rotatable bonds is 8. The minimum Gasteiger partial charge on any atom is -0.480 e. The molecular formula is C21H27N5O3. The second kappa shape index (κ2) is 7.94. The molecule has 29 heavy (non-hydrogen) atoms. The largest absolute Gasteiger partial charge is 0.480 e. The summed E-state index contributed by atoms with van der Waals surface area (Å²) in [6.45, 7) is 4.60. The highest BCUT2D eigenvalue weighted by atomic mass is 16.4. The van der Waals surface area contributed by atoms with Crippen LogP contribution in [0.15, 0.2) is 23.1 Å². The van der Waals surface area contributed by atoms with E-state index in [1.807, 2.05) is 19.1 Å². The highest BCUT2D eigenvalue weighted by Gasteiger charge is 2.37. The molecule has 0 aliphatic heterocycles. The molecule has 2 aromatic heterocycles. The Bertz CT molecular complexity index is 946. The maximum Gasteiger partial charge on any atom is 0.317 e. The first-order chi connectivity index (χ1) is 13.9. The zero-order chi connectivity index (χ0) is 20.5. The van der Waals surface area contributed by atoms with E-state index in [-0.39, 0.29) is 12.1 Å². The number of carboxylic acids is 1. The van der Waals surface area contributed by atoms with Crippen molar-refractivity contribution in [2.24, 2.45) is 5.92 Å². The number of aromatic nitrogens is 3. The first-order valence-electron chi connectivity index (χ1n) is 10.2. The first kappa shape index (κ1) is 19.6. The molecule has 0 amide bonds. The fraction of sp³-hybridized carbons (Fsp3) is 0.524. The summed E-state index contributed by atoms with van der Waals surface area (Å²) in [7, 11) is 0. The molecule has 2 saturated carbocycles. The fourth-order valence-electron chi connectivity index (χ4n) is 3.76. The molecule has 8 nitrogen and oxygen atoms in total. The number of hydrogen-bond donors (Lipinski definition) is 3. The van der Waals surface area contributed by atoms with Crippen molar-refractivity contribution in [3.05, 3.63) is 39.9 Å². The molecule has 8 heteroatoms. The standard InChI is InChI=1S/C21H27N5O3/c1-12-13(2)23-20(25-21(12)29)15-5-6-18(22-9-15)24-16-7-17(8-16)26(11-19(27)28)10-14-3-4-14/h5-6,9,14,16-17H,3-4,7-8,10-11H2,1-2H3,(H,22,24)(H,27,28)(H,23,25,29). The van der Waals surface area contributed by atoms with Crippen molar-refractivity contribution in [3.8, 4) is 11.4 Å². The maximum absolute atomic E-state index is 11.9. The monoisotopic (exact) mass is 397 g/mol. The molecule has 2 heterocycles. The van der Waals surface area contributed by atoms with Crippen LogP contribution in [0.4, 0.5) is 5.82 Å². The molecule has 4 rings (SSSR count). The number of anilines is 1. The number of aliphatic carboxylic acids is 1. The van der Waals surface area contributed by atoms with Crippen LogP contribution in [0.1, 0.15) is 36.9 Å². The van der Waals surface area contributed by atoms with E-state index in [0.717, 1.165) is 30.8 Å². The highest BCUT2D eigenvalue weighted by Crippen LogP contribution is 2.34. The van der Waals surface area contributed by atoms with Gasteiger partial charge in [-0.3, -0.25) is 14.5 Å². The van der Waals surface area contributed by atoms with E-state index in [2.05, 4.69) is 25.2 Å². The Morgan fingerprint density at radius 1 is 1.31 bits per heavy atom. The lowest BCUT2D eigenvalue weighted by atomic mass is 9.85. The number of aryl methyl sites for hydroxylation is 1. The van der Waals surface area contributed by atoms with Crippen molar-refractivity contribution < 1.29 is 9.90 Å². The van der Waals surface area contributed by atoms with Crippen molar-refractivity contribution in [2.75, 3.05) is 18.4 Å². The predicted molar refractivity (Wildman–Crippen MR) is 110 cm³/mol. The number of carbonyl (C=O) groups is 1. The number of nitrogens with zero attached hydrogens (tertiary/aromatic N) is 3. The van der Waals surface area contributed by atoms with Crippen molar-refractivity contribution in [1.82, 2.24) is 19.9 Å². The second-order valence-corrected chi connectivity index (χ2v) is 8.29. The fourth-order valence-corrected chi connectivity index (χ4v) is 3.76. The summed E-state index contributed by atoms with van der Waals surface area (Å²) in [5, 5.41) is 12.6. The molecule has 2 fully saturated rings. The van der Waals surface area contributed by atoms with Gasteiger partial charge in [-0.15, -0.1) is 0 Å². The lowest BCUT2D eigenvalue weighted by Crippen LogP contribution is -2.52. The van der Waals surface area contributed by atoms with Crippen LogP contribution in [0.25, 0.3) is 11.4 Å². The van der Waals surface area contributed by atoms with Crippen LogP contribution in [-0.2, 0) is 4.79 Å². The Kier molecular flexibility index (Phi) is 5.36. The van der Waals surface area contributed by atoms with Crippen molar-refractivity contribution in [1.29, 1.82) is 0 Å². The summed E-state index contributed by atoms with van der Waals surface area (Å²) in [6.07, 6.45) is 6.00. The van der Waals surface area contributed by atoms with E-state index in [4.69, 9.17) is 5.11 Å². The number of nitrogens with one attached hydrogen (secondary N) is 2. The maximum atomic E-state index is 11.9. The minimum absolute atomic E-state index is 0.127. The summed E-state index contributed by atoms with van der Waals surface area (Å²) in [4.78, 5) is 36.9. The number of hydrogen-bond acceptors (Lipinski definition) is 6. The van der Waals surface area contributed by atoms with E-state index in [1.165, 1.54) is 12.8 Å². The lowest BCUT2D eigenvalue weighted by molar-refractivity contribution is -0.139. The Labute approximate surface area is 169 Å². The predicted octanol–water partition coefficient (Wildman–Crippen LogP) is 2.19. The summed E-state index contributed by atoms with van der Waals surface area (Å²) in [6, 6.07) is 4.40. The Morgan fingerprint density at radius 3 is 2.66 bits per heavy atom. The molecule has 3 N–H and O–H groups in total. The summed E-state index contributed by atoms with van der Waals surface area (Å²) >= 11 is 0. The number of carboxylic acid groups (broad SMARTS) is 1. The molecule has 154 valence electrons. The van der Waals surface area contributed by atoms with Gasteiger partial charge in [-0.25, -0.2) is 9.97 Å². The second-order valence-electron chi connectivity index (χ2n) is 8.29. The third-order valence-electron chi connectivity index (χ3n) is 5.94. The molecule has 0 spiro atoms. The smallest absolute Gasteiger partial charge is 0.317 e. The molecule has 0 radical (unpaired) electrons. The number of pyridine rings is 1. The van der Waals surface area contributed by atoms with E-state index < -0.39 is 5.97 Å². The molecule has 0 aromatic carbocycles. The molecule has 2 aliphatic rings. The van der Waals surface area contributed by atoms with Gasteiger partial charge in [0.05, 0.1) is 6.54 Å². The SMILES string of the molecule is Cc1nc(-c2ccc(NC3CC(N(CC(=O)O)CC4CC4)C3)nc2)[nH]c(=O)c1C. The van der Waals surface area contributed by atoms with Gasteiger partial charge in [0.1, 0.15) is 11.6 Å². The van der Waals surface area contributed by atoms with E-state index in [0.29, 0.717) is 35.1 Å². The zero-order valence-corrected chi connectivity index (χ0v) is 16.8. The molecular weight excluding hydrogens is 370 g/mol. The third kappa shape index (κ3) is 4.64. The van der Waals surface area contributed by atoms with Crippen LogP contribution in [0.2, 0.25) is 0 Å². The van der Waals surface area contributed by atoms with E-state index >= 15 is 0 Å². The van der Waals surface area contributed by atoms with Crippen molar-refractivity contribution in [3.63, 3.8) is 0 Å². The van der Waals surface area contributed by atoms with Gasteiger partial charge in [-0.2, -0.15) is 0 Å². The normalized spacial score (nSPS) is 21.1. The van der Waals surface area contributed by atoms with Gasteiger partial charge in [0.15, 0.2) is 0 Å². The van der Waals surface area contributed by atoms with Crippen LogP contribution in [0.5, 0.6) is 0 Å². The van der Waals surface area contributed by atoms with Gasteiger partial charge < -0.3 is 15.4 Å². The van der Waals surface area contributed by atoms with Crippen LogP contribution < -0.4 is 10.9 Å². The van der Waals surface area contributed by atoms with Crippen molar-refractivity contribution in [2.45, 2.75) is 51.6 Å². The average Bonchev–Trinajstić information content (AvgIpc) is 3.45. The Morgan fingerprint density at radius 2 is 2.07 bits per heavy atom. The first-order valence-corrected chi connectivity index (χ1v) is 10.2. The zero-order valence-electron chi connectivity index (χ0n) is 16.8. The molecule has 2 aliphatic carbocycles. The molecule has 0 saturated heterocycles. The van der Waals surface area contributed by atoms with E-state index in [9.17, 15) is 9.59 Å². The number of aromatic amines is 1. The summed E-state index contributed by atoms with van der Waals surface area (Å²) in [5.74, 6) is 1.22. The highest BCUT2D eigenvalue weighted by molar-refractivity contribution is 5.69. The topological polar surface area (TPSA) is 111 Å². The summed E-state index contributed by atoms with van der Waals surface area (Å²) < 4.78 is 0. The summed E-state index contributed by atoms with van der Waals surface area (Å²) in [5.41, 5.74) is 1.97. The van der Waals surface area contributed by atoms with Gasteiger partial charge in [0.25, 0.3) is 5.56 Å². The van der Waals surface area contributed by atoms with Gasteiger partial charge in [-0.05, 0) is 57.6 Å². The Balaban J connectivity index is 1.34.